The molecule has 0 radical (unpaired) electrons. The van der Waals surface area contributed by atoms with Gasteiger partial charge in [0.05, 0.1) is 6.61 Å². The van der Waals surface area contributed by atoms with Gasteiger partial charge in [-0.05, 0) is 58.3 Å². The van der Waals surface area contributed by atoms with Crippen LogP contribution in [-0.4, -0.2) is 51.3 Å². The minimum absolute atomic E-state index is 0.868. The summed E-state index contributed by atoms with van der Waals surface area (Å²) in [5.41, 5.74) is 0. The molecule has 0 aromatic rings. The van der Waals surface area contributed by atoms with Gasteiger partial charge >= 0.3 is 0 Å². The van der Waals surface area contributed by atoms with Crippen LogP contribution in [0.25, 0.3) is 0 Å². The van der Waals surface area contributed by atoms with Crippen molar-refractivity contribution in [3.05, 3.63) is 0 Å². The lowest BCUT2D eigenvalue weighted by Crippen LogP contribution is -2.32. The molecule has 17 heavy (non-hydrogen) atoms. The quantitative estimate of drug-likeness (QED) is 0.627. The van der Waals surface area contributed by atoms with Crippen LogP contribution in [0.2, 0.25) is 0 Å². The van der Waals surface area contributed by atoms with Gasteiger partial charge in [-0.3, -0.25) is 0 Å². The standard InChI is InChI=1S/C14H30N2O/c1-3-4-12-17-13-9-15-8-5-14-6-10-16(2)11-7-14/h14-15H,3-13H2,1-2H3. The molecular weight excluding hydrogens is 212 g/mol. The van der Waals surface area contributed by atoms with Gasteiger partial charge in [0.15, 0.2) is 0 Å². The molecule has 0 aliphatic carbocycles. The minimum atomic E-state index is 0.868. The smallest absolute Gasteiger partial charge is 0.0590 e. The van der Waals surface area contributed by atoms with Gasteiger partial charge < -0.3 is 15.0 Å². The largest absolute Gasteiger partial charge is 0.380 e. The van der Waals surface area contributed by atoms with Crippen molar-refractivity contribution in [3.8, 4) is 0 Å². The van der Waals surface area contributed by atoms with Crippen LogP contribution in [0.1, 0.15) is 39.0 Å². The Kier molecular flexibility index (Phi) is 8.67. The van der Waals surface area contributed by atoms with Crippen molar-refractivity contribution in [2.24, 2.45) is 5.92 Å². The lowest BCUT2D eigenvalue weighted by Gasteiger charge is -2.28. The van der Waals surface area contributed by atoms with Crippen LogP contribution in [0.5, 0.6) is 0 Å². The van der Waals surface area contributed by atoms with Gasteiger partial charge in [-0.15, -0.1) is 0 Å². The predicted octanol–water partition coefficient (Wildman–Crippen LogP) is 2.12. The summed E-state index contributed by atoms with van der Waals surface area (Å²) >= 11 is 0. The summed E-state index contributed by atoms with van der Waals surface area (Å²) in [6.07, 6.45) is 6.51. The van der Waals surface area contributed by atoms with Crippen LogP contribution in [0.4, 0.5) is 0 Å². The molecule has 0 aromatic carbocycles. The van der Waals surface area contributed by atoms with E-state index in [1.165, 1.54) is 45.2 Å². The van der Waals surface area contributed by atoms with Crippen LogP contribution in [0.15, 0.2) is 0 Å². The molecule has 0 unspecified atom stereocenters. The lowest BCUT2D eigenvalue weighted by atomic mass is 9.94. The van der Waals surface area contributed by atoms with Crippen LogP contribution in [0, 0.1) is 5.92 Å². The molecule has 0 aromatic heterocycles. The second kappa shape index (κ2) is 9.86. The third-order valence-corrected chi connectivity index (χ3v) is 3.63. The molecule has 1 aliphatic heterocycles. The van der Waals surface area contributed by atoms with Gasteiger partial charge in [-0.1, -0.05) is 13.3 Å². The van der Waals surface area contributed by atoms with Crippen LogP contribution < -0.4 is 5.32 Å². The number of rotatable bonds is 9. The normalized spacial score (nSPS) is 18.7. The van der Waals surface area contributed by atoms with Gasteiger partial charge in [0.25, 0.3) is 0 Å². The second-order valence-corrected chi connectivity index (χ2v) is 5.25. The number of nitrogens with zero attached hydrogens (tertiary/aromatic N) is 1. The summed E-state index contributed by atoms with van der Waals surface area (Å²) in [4.78, 5) is 2.44. The topological polar surface area (TPSA) is 24.5 Å². The van der Waals surface area contributed by atoms with Crippen molar-refractivity contribution in [3.63, 3.8) is 0 Å². The molecule has 1 rings (SSSR count). The highest BCUT2D eigenvalue weighted by molar-refractivity contribution is 4.70. The highest BCUT2D eigenvalue weighted by Crippen LogP contribution is 2.18. The Labute approximate surface area is 107 Å². The third-order valence-electron chi connectivity index (χ3n) is 3.63. The summed E-state index contributed by atoms with van der Waals surface area (Å²) in [6, 6.07) is 0. The molecular formula is C14H30N2O. The van der Waals surface area contributed by atoms with E-state index in [9.17, 15) is 0 Å². The Hall–Kier alpha value is -0.120. The van der Waals surface area contributed by atoms with Crippen LogP contribution in [0.3, 0.4) is 0 Å². The number of unbranched alkanes of at least 4 members (excludes halogenated alkanes) is 1. The van der Waals surface area contributed by atoms with E-state index >= 15 is 0 Å². The molecule has 3 nitrogen and oxygen atoms in total. The van der Waals surface area contributed by atoms with Crippen molar-refractivity contribution in [1.82, 2.24) is 10.2 Å². The van der Waals surface area contributed by atoms with Crippen LogP contribution in [-0.2, 0) is 4.74 Å². The molecule has 1 saturated heterocycles. The molecule has 0 saturated carbocycles. The Bertz CT molecular complexity index is 168. The van der Waals surface area contributed by atoms with E-state index in [-0.39, 0.29) is 0 Å². The third kappa shape index (κ3) is 7.74. The van der Waals surface area contributed by atoms with Gasteiger partial charge in [-0.2, -0.15) is 0 Å². The Morgan fingerprint density at radius 3 is 2.65 bits per heavy atom. The van der Waals surface area contributed by atoms with Crippen molar-refractivity contribution in [2.45, 2.75) is 39.0 Å². The summed E-state index contributed by atoms with van der Waals surface area (Å²) in [7, 11) is 2.22. The van der Waals surface area contributed by atoms with E-state index in [1.54, 1.807) is 0 Å². The molecule has 0 bridgehead atoms. The van der Waals surface area contributed by atoms with E-state index < -0.39 is 0 Å². The SMILES string of the molecule is CCCCOCCNCCC1CCN(C)CC1. The Balaban J connectivity index is 1.81. The van der Waals surface area contributed by atoms with E-state index in [1.807, 2.05) is 0 Å². The van der Waals surface area contributed by atoms with Crippen molar-refractivity contribution in [2.75, 3.05) is 46.4 Å². The number of hydrogen-bond acceptors (Lipinski definition) is 3. The second-order valence-electron chi connectivity index (χ2n) is 5.25. The minimum Gasteiger partial charge on any atom is -0.380 e. The van der Waals surface area contributed by atoms with Gasteiger partial charge in [0, 0.05) is 13.2 Å². The Morgan fingerprint density at radius 2 is 1.94 bits per heavy atom. The first-order chi connectivity index (χ1) is 8.33. The molecule has 102 valence electrons. The average molecular weight is 242 g/mol. The molecule has 3 heteroatoms. The van der Waals surface area contributed by atoms with E-state index in [0.29, 0.717) is 0 Å². The first-order valence-electron chi connectivity index (χ1n) is 7.30. The van der Waals surface area contributed by atoms with Gasteiger partial charge in [0.1, 0.15) is 0 Å². The average Bonchev–Trinajstić information content (AvgIpc) is 2.35. The first-order valence-corrected chi connectivity index (χ1v) is 7.30. The number of piperidine rings is 1. The maximum Gasteiger partial charge on any atom is 0.0590 e. The fraction of sp³-hybridized carbons (Fsp3) is 1.00. The highest BCUT2D eigenvalue weighted by Gasteiger charge is 2.15. The fourth-order valence-corrected chi connectivity index (χ4v) is 2.27. The zero-order valence-electron chi connectivity index (χ0n) is 11.7. The first kappa shape index (κ1) is 14.9. The zero-order valence-corrected chi connectivity index (χ0v) is 11.7. The highest BCUT2D eigenvalue weighted by atomic mass is 16.5. The van der Waals surface area contributed by atoms with Crippen molar-refractivity contribution >= 4 is 0 Å². The molecule has 1 fully saturated rings. The number of ether oxygens (including phenoxy) is 1. The number of likely N-dealkylation sites (tertiary alicyclic amines) is 1. The van der Waals surface area contributed by atoms with Crippen molar-refractivity contribution in [1.29, 1.82) is 0 Å². The fourth-order valence-electron chi connectivity index (χ4n) is 2.27. The predicted molar refractivity (Wildman–Crippen MR) is 73.4 cm³/mol. The Morgan fingerprint density at radius 1 is 1.18 bits per heavy atom. The van der Waals surface area contributed by atoms with E-state index in [4.69, 9.17) is 4.74 Å². The van der Waals surface area contributed by atoms with Gasteiger partial charge in [-0.25, -0.2) is 0 Å². The monoisotopic (exact) mass is 242 g/mol. The molecule has 0 amide bonds. The molecule has 0 atom stereocenters. The maximum absolute atomic E-state index is 5.51. The van der Waals surface area contributed by atoms with E-state index in [2.05, 4.69) is 24.2 Å². The maximum atomic E-state index is 5.51. The summed E-state index contributed by atoms with van der Waals surface area (Å²) in [5.74, 6) is 0.944. The van der Waals surface area contributed by atoms with E-state index in [0.717, 1.165) is 32.2 Å². The lowest BCUT2D eigenvalue weighted by molar-refractivity contribution is 0.132. The number of nitrogens with one attached hydrogen (secondary N) is 1. The summed E-state index contributed by atoms with van der Waals surface area (Å²) in [6.45, 7) is 8.72. The van der Waals surface area contributed by atoms with Crippen molar-refractivity contribution < 1.29 is 4.74 Å². The summed E-state index contributed by atoms with van der Waals surface area (Å²) in [5, 5.41) is 3.48. The summed E-state index contributed by atoms with van der Waals surface area (Å²) < 4.78 is 5.51. The molecule has 1 aliphatic rings. The molecule has 0 spiro atoms. The van der Waals surface area contributed by atoms with Crippen LogP contribution >= 0.6 is 0 Å². The number of hydrogen-bond donors (Lipinski definition) is 1. The molecule has 1 N–H and O–H groups in total. The zero-order chi connectivity index (χ0) is 12.3. The van der Waals surface area contributed by atoms with Gasteiger partial charge in [0.2, 0.25) is 0 Å². The molecule has 1 heterocycles.